The van der Waals surface area contributed by atoms with Crippen LogP contribution in [0.2, 0.25) is 0 Å². The highest BCUT2D eigenvalue weighted by Crippen LogP contribution is 2.40. The highest BCUT2D eigenvalue weighted by atomic mass is 16.5. The van der Waals surface area contributed by atoms with E-state index in [1.54, 1.807) is 0 Å². The molecule has 0 aliphatic carbocycles. The molecule has 0 aliphatic heterocycles. The number of hydrogen-bond donors (Lipinski definition) is 0. The highest BCUT2D eigenvalue weighted by molar-refractivity contribution is 5.52. The molecule has 0 aromatic heterocycles. The van der Waals surface area contributed by atoms with Crippen molar-refractivity contribution < 1.29 is 28.4 Å². The quantitative estimate of drug-likeness (QED) is 0.0854. The van der Waals surface area contributed by atoms with Gasteiger partial charge < -0.3 is 28.4 Å². The molecular formula is C41H54O6. The molecule has 0 radical (unpaired) electrons. The summed E-state index contributed by atoms with van der Waals surface area (Å²) in [7, 11) is 0. The lowest BCUT2D eigenvalue weighted by molar-refractivity contribution is 0.0458. The van der Waals surface area contributed by atoms with Crippen LogP contribution in [0.4, 0.5) is 0 Å². The van der Waals surface area contributed by atoms with Gasteiger partial charge in [0, 0.05) is 5.41 Å². The maximum Gasteiger partial charge on any atom is 0.119 e. The lowest BCUT2D eigenvalue weighted by atomic mass is 9.71. The first kappa shape index (κ1) is 37.6. The van der Waals surface area contributed by atoms with Crippen LogP contribution in [0.5, 0.6) is 17.2 Å². The fraction of sp³-hybridized carbons (Fsp3) is 0.415. The zero-order valence-electron chi connectivity index (χ0n) is 29.5. The molecule has 3 aromatic rings. The first-order valence-corrected chi connectivity index (χ1v) is 16.3. The van der Waals surface area contributed by atoms with Crippen molar-refractivity contribution in [3.05, 3.63) is 126 Å². The Bertz CT molecular complexity index is 1240. The molecule has 0 N–H and O–H groups in total. The molecular weight excluding hydrogens is 588 g/mol. The summed E-state index contributed by atoms with van der Waals surface area (Å²) >= 11 is 0. The summed E-state index contributed by atoms with van der Waals surface area (Å²) in [5.41, 5.74) is 5.88. The minimum Gasteiger partial charge on any atom is -0.491 e. The van der Waals surface area contributed by atoms with Gasteiger partial charge in [0.2, 0.25) is 0 Å². The van der Waals surface area contributed by atoms with E-state index in [0.29, 0.717) is 39.6 Å². The Morgan fingerprint density at radius 2 is 0.723 bits per heavy atom. The zero-order valence-corrected chi connectivity index (χ0v) is 29.5. The molecule has 3 rings (SSSR count). The largest absolute Gasteiger partial charge is 0.491 e. The highest BCUT2D eigenvalue weighted by Gasteiger charge is 2.31. The van der Waals surface area contributed by atoms with Gasteiger partial charge in [0.05, 0.1) is 38.1 Å². The zero-order chi connectivity index (χ0) is 34.4. The third-order valence-corrected chi connectivity index (χ3v) is 7.59. The fourth-order valence-electron chi connectivity index (χ4n) is 4.79. The first-order chi connectivity index (χ1) is 22.4. The number of hydrogen-bond acceptors (Lipinski definition) is 6. The summed E-state index contributed by atoms with van der Waals surface area (Å²) in [6.07, 6.45) is -0.127. The molecule has 0 bridgehead atoms. The molecule has 0 fully saturated rings. The molecule has 47 heavy (non-hydrogen) atoms. The van der Waals surface area contributed by atoms with Crippen LogP contribution in [-0.2, 0) is 19.6 Å². The van der Waals surface area contributed by atoms with E-state index in [1.165, 1.54) is 0 Å². The molecule has 6 heteroatoms. The van der Waals surface area contributed by atoms with Crippen molar-refractivity contribution in [1.29, 1.82) is 0 Å². The van der Waals surface area contributed by atoms with Gasteiger partial charge in [-0.1, -0.05) is 72.9 Å². The summed E-state index contributed by atoms with van der Waals surface area (Å²) < 4.78 is 35.5. The van der Waals surface area contributed by atoms with Crippen LogP contribution < -0.4 is 14.2 Å². The topological polar surface area (TPSA) is 55.4 Å². The van der Waals surface area contributed by atoms with E-state index in [4.69, 9.17) is 28.4 Å². The van der Waals surface area contributed by atoms with Crippen LogP contribution >= 0.6 is 0 Å². The first-order valence-electron chi connectivity index (χ1n) is 16.3. The van der Waals surface area contributed by atoms with Gasteiger partial charge in [-0.2, -0.15) is 0 Å². The average Bonchev–Trinajstić information content (AvgIpc) is 3.06. The number of ether oxygens (including phenoxy) is 6. The molecule has 0 saturated carbocycles. The standard InChI is InChI=1S/C41H54O6/c1-29(2)23-42-32(7)26-45-38-17-11-35(12-18-38)41(10,36-13-19-39(20-14-36)46-27-33(8)43-24-30(3)4)37-15-21-40(22-16-37)47-28-34(9)44-25-31(5)6/h11-22,32-34H,1,3,5,23-28H2,2,4,6-10H3. The lowest BCUT2D eigenvalue weighted by Gasteiger charge is -2.32. The summed E-state index contributed by atoms with van der Waals surface area (Å²) in [6.45, 7) is 28.8. The maximum absolute atomic E-state index is 6.05. The molecule has 0 heterocycles. The van der Waals surface area contributed by atoms with Crippen LogP contribution in [0.25, 0.3) is 0 Å². The van der Waals surface area contributed by atoms with Gasteiger partial charge >= 0.3 is 0 Å². The normalized spacial score (nSPS) is 14.4. The summed E-state index contributed by atoms with van der Waals surface area (Å²) in [5, 5.41) is 0. The fourth-order valence-corrected chi connectivity index (χ4v) is 4.79. The summed E-state index contributed by atoms with van der Waals surface area (Å²) in [5.74, 6) is 2.38. The molecule has 6 nitrogen and oxygen atoms in total. The molecule has 3 unspecified atom stereocenters. The predicted octanol–water partition coefficient (Wildman–Crippen LogP) is 9.12. The molecule has 254 valence electrons. The minimum absolute atomic E-state index is 0.0422. The molecule has 3 aromatic carbocycles. The van der Waals surface area contributed by atoms with Gasteiger partial charge in [0.15, 0.2) is 0 Å². The van der Waals surface area contributed by atoms with E-state index in [0.717, 1.165) is 50.7 Å². The van der Waals surface area contributed by atoms with Gasteiger partial charge in [-0.15, -0.1) is 0 Å². The van der Waals surface area contributed by atoms with Crippen LogP contribution in [0, 0.1) is 0 Å². The van der Waals surface area contributed by atoms with Crippen molar-refractivity contribution in [2.75, 3.05) is 39.6 Å². The van der Waals surface area contributed by atoms with E-state index in [-0.39, 0.29) is 18.3 Å². The SMILES string of the molecule is C=C(C)COC(C)COc1ccc(C(C)(c2ccc(OCC(C)OCC(=C)C)cc2)c2ccc(OCC(C)OCC(=C)C)cc2)cc1. The van der Waals surface area contributed by atoms with E-state index in [2.05, 4.69) is 63.1 Å². The van der Waals surface area contributed by atoms with Gasteiger partial charge in [-0.05, 0) is 102 Å². The van der Waals surface area contributed by atoms with Gasteiger partial charge in [-0.3, -0.25) is 0 Å². The Morgan fingerprint density at radius 1 is 0.489 bits per heavy atom. The second-order valence-electron chi connectivity index (χ2n) is 12.9. The monoisotopic (exact) mass is 642 g/mol. The Balaban J connectivity index is 1.81. The maximum atomic E-state index is 6.05. The molecule has 0 saturated heterocycles. The van der Waals surface area contributed by atoms with E-state index in [1.807, 2.05) is 77.9 Å². The molecule has 0 amide bonds. The Morgan fingerprint density at radius 3 is 0.936 bits per heavy atom. The molecule has 3 atom stereocenters. The Hall–Kier alpha value is -3.84. The van der Waals surface area contributed by atoms with E-state index < -0.39 is 5.41 Å². The van der Waals surface area contributed by atoms with Crippen LogP contribution in [-0.4, -0.2) is 58.0 Å². The van der Waals surface area contributed by atoms with E-state index >= 15 is 0 Å². The van der Waals surface area contributed by atoms with Crippen molar-refractivity contribution in [1.82, 2.24) is 0 Å². The summed E-state index contributed by atoms with van der Waals surface area (Å²) in [6, 6.07) is 24.9. The van der Waals surface area contributed by atoms with Crippen molar-refractivity contribution in [2.24, 2.45) is 0 Å². The van der Waals surface area contributed by atoms with Crippen LogP contribution in [0.15, 0.2) is 109 Å². The smallest absolute Gasteiger partial charge is 0.119 e. The second-order valence-corrected chi connectivity index (χ2v) is 12.9. The van der Waals surface area contributed by atoms with Gasteiger partial charge in [0.25, 0.3) is 0 Å². The number of benzene rings is 3. The van der Waals surface area contributed by atoms with Crippen molar-refractivity contribution in [3.8, 4) is 17.2 Å². The number of rotatable bonds is 21. The second kappa shape index (κ2) is 18.5. The van der Waals surface area contributed by atoms with Crippen molar-refractivity contribution >= 4 is 0 Å². The van der Waals surface area contributed by atoms with Crippen LogP contribution in [0.3, 0.4) is 0 Å². The molecule has 0 spiro atoms. The summed E-state index contributed by atoms with van der Waals surface area (Å²) in [4.78, 5) is 0. The lowest BCUT2D eigenvalue weighted by Crippen LogP contribution is -2.25. The predicted molar refractivity (Wildman–Crippen MR) is 192 cm³/mol. The third-order valence-electron chi connectivity index (χ3n) is 7.59. The Labute approximate surface area is 283 Å². The minimum atomic E-state index is -0.469. The average molecular weight is 643 g/mol. The van der Waals surface area contributed by atoms with Crippen LogP contribution in [0.1, 0.15) is 65.2 Å². The van der Waals surface area contributed by atoms with E-state index in [9.17, 15) is 0 Å². The van der Waals surface area contributed by atoms with Gasteiger partial charge in [-0.25, -0.2) is 0 Å². The molecule has 0 aliphatic rings. The van der Waals surface area contributed by atoms with Crippen molar-refractivity contribution in [2.45, 2.75) is 72.2 Å². The van der Waals surface area contributed by atoms with Crippen molar-refractivity contribution in [3.63, 3.8) is 0 Å². The van der Waals surface area contributed by atoms with Gasteiger partial charge in [0.1, 0.15) is 37.1 Å². The third kappa shape index (κ3) is 12.4. The Kier molecular flexibility index (Phi) is 14.8.